The van der Waals surface area contributed by atoms with Gasteiger partial charge in [-0.05, 0) is 30.7 Å². The molecule has 0 spiro atoms. The molecule has 0 aliphatic carbocycles. The lowest BCUT2D eigenvalue weighted by Crippen LogP contribution is -2.22. The van der Waals surface area contributed by atoms with Crippen LogP contribution in [0.4, 0.5) is 24.5 Å². The third-order valence-corrected chi connectivity index (χ3v) is 4.33. The number of nitro groups is 1. The van der Waals surface area contributed by atoms with Gasteiger partial charge in [0.2, 0.25) is 0 Å². The van der Waals surface area contributed by atoms with Crippen molar-refractivity contribution in [2.45, 2.75) is 19.5 Å². The number of hydrogen-bond acceptors (Lipinski definition) is 5. The summed E-state index contributed by atoms with van der Waals surface area (Å²) >= 11 is 5.85. The van der Waals surface area contributed by atoms with Crippen molar-refractivity contribution < 1.29 is 32.7 Å². The maximum Gasteiger partial charge on any atom is 0.416 e. The van der Waals surface area contributed by atoms with Crippen molar-refractivity contribution in [1.29, 1.82) is 0 Å². The summed E-state index contributed by atoms with van der Waals surface area (Å²) in [5.41, 5.74) is -1.24. The lowest BCUT2D eigenvalue weighted by Gasteiger charge is -2.14. The number of carbonyl (C=O) groups is 1. The van der Waals surface area contributed by atoms with Crippen LogP contribution in [0.5, 0.6) is 11.5 Å². The van der Waals surface area contributed by atoms with Gasteiger partial charge >= 0.3 is 12.1 Å². The number of ether oxygens (including phenoxy) is 1. The minimum atomic E-state index is -4.56. The normalized spacial score (nSPS) is 12.3. The van der Waals surface area contributed by atoms with E-state index < -0.39 is 28.6 Å². The third kappa shape index (κ3) is 5.74. The monoisotopic (exact) mass is 432 g/mol. The van der Waals surface area contributed by atoms with E-state index in [0.29, 0.717) is 12.5 Å². The Morgan fingerprint density at radius 3 is 2.52 bits per heavy atom. The summed E-state index contributed by atoms with van der Waals surface area (Å²) in [6.07, 6.45) is -4.25. The summed E-state index contributed by atoms with van der Waals surface area (Å²) < 4.78 is 43.6. The first-order chi connectivity index (χ1) is 13.5. The highest BCUT2D eigenvalue weighted by atomic mass is 35.5. The zero-order chi connectivity index (χ0) is 21.8. The van der Waals surface area contributed by atoms with E-state index in [4.69, 9.17) is 21.4 Å². The van der Waals surface area contributed by atoms with Crippen molar-refractivity contribution in [1.82, 2.24) is 0 Å². The molecule has 0 saturated heterocycles. The van der Waals surface area contributed by atoms with Crippen LogP contribution in [0.3, 0.4) is 0 Å². The van der Waals surface area contributed by atoms with Crippen LogP contribution in [-0.4, -0.2) is 22.5 Å². The summed E-state index contributed by atoms with van der Waals surface area (Å²) in [5.74, 6) is -1.81. The van der Waals surface area contributed by atoms with Crippen LogP contribution in [0.15, 0.2) is 36.4 Å². The largest absolute Gasteiger partial charge is 0.481 e. The van der Waals surface area contributed by atoms with Gasteiger partial charge in [0.25, 0.3) is 5.69 Å². The van der Waals surface area contributed by atoms with Gasteiger partial charge in [0.15, 0.2) is 0 Å². The molecule has 0 aliphatic rings. The van der Waals surface area contributed by atoms with Crippen molar-refractivity contribution in [3.63, 3.8) is 0 Å². The van der Waals surface area contributed by atoms with Crippen molar-refractivity contribution in [2.75, 3.05) is 11.9 Å². The van der Waals surface area contributed by atoms with Gasteiger partial charge in [-0.2, -0.15) is 13.2 Å². The first-order valence-corrected chi connectivity index (χ1v) is 8.70. The number of hydrogen-bond donors (Lipinski definition) is 2. The van der Waals surface area contributed by atoms with Gasteiger partial charge in [-0.1, -0.05) is 18.5 Å². The molecule has 1 atom stereocenters. The second kappa shape index (κ2) is 8.99. The van der Waals surface area contributed by atoms with Crippen molar-refractivity contribution in [2.24, 2.45) is 5.92 Å². The number of nitrogens with zero attached hydrogens (tertiary/aromatic N) is 1. The first-order valence-electron chi connectivity index (χ1n) is 8.32. The number of benzene rings is 2. The number of nitro benzene ring substituents is 1. The van der Waals surface area contributed by atoms with Crippen molar-refractivity contribution >= 4 is 28.9 Å². The van der Waals surface area contributed by atoms with Gasteiger partial charge in [-0.25, -0.2) is 0 Å². The van der Waals surface area contributed by atoms with E-state index in [9.17, 15) is 28.1 Å². The lowest BCUT2D eigenvalue weighted by molar-refractivity contribution is -0.384. The molecule has 156 valence electrons. The average Bonchev–Trinajstić information content (AvgIpc) is 2.62. The van der Waals surface area contributed by atoms with Crippen LogP contribution in [0.2, 0.25) is 5.02 Å². The predicted octanol–water partition coefficient (Wildman–Crippen LogP) is 5.58. The Labute approximate surface area is 168 Å². The molecule has 0 aromatic heterocycles. The van der Waals surface area contributed by atoms with Gasteiger partial charge in [0.1, 0.15) is 17.2 Å². The second-order valence-electron chi connectivity index (χ2n) is 6.01. The average molecular weight is 433 g/mol. The summed E-state index contributed by atoms with van der Waals surface area (Å²) in [6, 6.07) is 6.19. The molecule has 29 heavy (non-hydrogen) atoms. The fourth-order valence-corrected chi connectivity index (χ4v) is 2.62. The standard InChI is InChI=1S/C18H16ClF3N2O5/c1-2-10(17(25)26)9-23-14-8-12(4-5-15(14)24(27)28)29-16-6-3-11(7-13(16)19)18(20,21)22/h3-8,10,23H,2,9H2,1H3,(H,25,26). The van der Waals surface area contributed by atoms with Crippen molar-refractivity contribution in [3.05, 3.63) is 57.1 Å². The Hall–Kier alpha value is -3.01. The fourth-order valence-electron chi connectivity index (χ4n) is 2.41. The SMILES string of the molecule is CCC(CNc1cc(Oc2ccc(C(F)(F)F)cc2Cl)ccc1[N+](=O)[O-])C(=O)O. The summed E-state index contributed by atoms with van der Waals surface area (Å²) in [6.45, 7) is 1.61. The minimum absolute atomic E-state index is 0.00948. The molecule has 0 aliphatic heterocycles. The van der Waals surface area contributed by atoms with E-state index in [-0.39, 0.29) is 34.4 Å². The van der Waals surface area contributed by atoms with Crippen LogP contribution in [0.25, 0.3) is 0 Å². The van der Waals surface area contributed by atoms with Gasteiger partial charge < -0.3 is 15.2 Å². The molecule has 2 aromatic carbocycles. The Bertz CT molecular complexity index is 921. The van der Waals surface area contributed by atoms with Crippen molar-refractivity contribution in [3.8, 4) is 11.5 Å². The molecule has 7 nitrogen and oxygen atoms in total. The van der Waals surface area contributed by atoms with E-state index in [1.807, 2.05) is 0 Å². The smallest absolute Gasteiger partial charge is 0.416 e. The van der Waals surface area contributed by atoms with Gasteiger partial charge in [0, 0.05) is 18.7 Å². The Kier molecular flexibility index (Phi) is 6.91. The molecule has 0 heterocycles. The first kappa shape index (κ1) is 22.3. The number of alkyl halides is 3. The second-order valence-corrected chi connectivity index (χ2v) is 6.41. The van der Waals surface area contributed by atoms with E-state index in [1.165, 1.54) is 12.1 Å². The molecule has 0 saturated carbocycles. The van der Waals surface area contributed by atoms with Crippen LogP contribution < -0.4 is 10.1 Å². The molecule has 2 N–H and O–H groups in total. The Morgan fingerprint density at radius 2 is 2.00 bits per heavy atom. The predicted molar refractivity (Wildman–Crippen MR) is 99.5 cm³/mol. The highest BCUT2D eigenvalue weighted by molar-refractivity contribution is 6.32. The third-order valence-electron chi connectivity index (χ3n) is 4.03. The number of rotatable bonds is 8. The number of carboxylic acids is 1. The van der Waals surface area contributed by atoms with Gasteiger partial charge in [-0.15, -0.1) is 0 Å². The molecule has 1 unspecified atom stereocenters. The molecule has 2 rings (SSSR count). The highest BCUT2D eigenvalue weighted by Crippen LogP contribution is 2.38. The van der Waals surface area contributed by atoms with Gasteiger partial charge in [-0.3, -0.25) is 14.9 Å². The quantitative estimate of drug-likeness (QED) is 0.417. The van der Waals surface area contributed by atoms with Crippen LogP contribution >= 0.6 is 11.6 Å². The fraction of sp³-hybridized carbons (Fsp3) is 0.278. The molecular weight excluding hydrogens is 417 g/mol. The lowest BCUT2D eigenvalue weighted by atomic mass is 10.1. The molecule has 0 fully saturated rings. The molecule has 0 bridgehead atoms. The minimum Gasteiger partial charge on any atom is -0.481 e. The van der Waals surface area contributed by atoms with E-state index in [1.54, 1.807) is 6.92 Å². The Morgan fingerprint density at radius 1 is 1.31 bits per heavy atom. The van der Waals surface area contributed by atoms with Crippen LogP contribution in [0, 0.1) is 16.0 Å². The van der Waals surface area contributed by atoms with Crippen LogP contribution in [0.1, 0.15) is 18.9 Å². The number of anilines is 1. The summed E-state index contributed by atoms with van der Waals surface area (Å²) in [7, 11) is 0. The molecule has 0 amide bonds. The highest BCUT2D eigenvalue weighted by Gasteiger charge is 2.31. The zero-order valence-electron chi connectivity index (χ0n) is 15.0. The summed E-state index contributed by atoms with van der Waals surface area (Å²) in [5, 5.41) is 22.7. The van der Waals surface area contributed by atoms with E-state index in [0.717, 1.165) is 18.2 Å². The number of nitrogens with one attached hydrogen (secondary N) is 1. The number of aliphatic carboxylic acids is 1. The van der Waals surface area contributed by atoms with E-state index in [2.05, 4.69) is 5.32 Å². The zero-order valence-corrected chi connectivity index (χ0v) is 15.8. The molecule has 0 radical (unpaired) electrons. The van der Waals surface area contributed by atoms with E-state index >= 15 is 0 Å². The van der Waals surface area contributed by atoms with Gasteiger partial charge in [0.05, 0.1) is 21.4 Å². The number of carboxylic acid groups (broad SMARTS) is 1. The topological polar surface area (TPSA) is 102 Å². The maximum atomic E-state index is 12.7. The Balaban J connectivity index is 2.28. The molecule has 11 heteroatoms. The molecule has 2 aromatic rings. The molecular formula is C18H16ClF3N2O5. The summed E-state index contributed by atoms with van der Waals surface area (Å²) in [4.78, 5) is 21.7. The maximum absolute atomic E-state index is 12.7. The van der Waals surface area contributed by atoms with Crippen LogP contribution in [-0.2, 0) is 11.0 Å². The number of halogens is 4.